The van der Waals surface area contributed by atoms with Gasteiger partial charge in [0.15, 0.2) is 0 Å². The van der Waals surface area contributed by atoms with Crippen molar-refractivity contribution in [3.63, 3.8) is 0 Å². The van der Waals surface area contributed by atoms with Gasteiger partial charge in [-0.05, 0) is 46.4 Å². The fraction of sp³-hybridized carbons (Fsp3) is 0.929. The molecule has 1 unspecified atom stereocenters. The van der Waals surface area contributed by atoms with Crippen molar-refractivity contribution < 1.29 is 9.31 Å². The highest BCUT2D eigenvalue weighted by Gasteiger charge is 2.51. The monoisotopic (exact) mass is 251 g/mol. The Labute approximate surface area is 112 Å². The molecule has 0 spiro atoms. The Morgan fingerprint density at radius 2 is 1.72 bits per heavy atom. The summed E-state index contributed by atoms with van der Waals surface area (Å²) in [5.74, 6) is 0.393. The normalized spacial score (nSPS) is 22.8. The second kappa shape index (κ2) is 6.08. The molecule has 1 aliphatic rings. The molecule has 1 heterocycles. The van der Waals surface area contributed by atoms with E-state index < -0.39 is 0 Å². The van der Waals surface area contributed by atoms with Crippen molar-refractivity contribution in [2.45, 2.75) is 77.8 Å². The Balaban J connectivity index is 2.54. The lowest BCUT2D eigenvalue weighted by Crippen LogP contribution is -2.41. The Kier molecular flexibility index (Phi) is 5.25. The van der Waals surface area contributed by atoms with Gasteiger partial charge in [-0.15, -0.1) is 0 Å². The van der Waals surface area contributed by atoms with Gasteiger partial charge in [-0.3, -0.25) is 0 Å². The van der Waals surface area contributed by atoms with Crippen LogP contribution in [0.2, 0.25) is 6.32 Å². The average Bonchev–Trinajstić information content (AvgIpc) is 2.44. The minimum atomic E-state index is -0.264. The first-order chi connectivity index (χ1) is 8.32. The molecular formula is C14H26BNO2. The van der Waals surface area contributed by atoms with Gasteiger partial charge in [0.2, 0.25) is 0 Å². The zero-order valence-corrected chi connectivity index (χ0v) is 12.5. The molecule has 0 aliphatic carbocycles. The van der Waals surface area contributed by atoms with E-state index in [9.17, 15) is 0 Å². The van der Waals surface area contributed by atoms with E-state index in [1.54, 1.807) is 0 Å². The van der Waals surface area contributed by atoms with Crippen molar-refractivity contribution in [3.8, 4) is 6.07 Å². The topological polar surface area (TPSA) is 42.2 Å². The minimum Gasteiger partial charge on any atom is -0.403 e. The molecule has 0 aromatic rings. The van der Waals surface area contributed by atoms with Crippen LogP contribution in [0.25, 0.3) is 0 Å². The second-order valence-corrected chi connectivity index (χ2v) is 6.29. The smallest absolute Gasteiger partial charge is 0.403 e. The third kappa shape index (κ3) is 3.73. The molecule has 102 valence electrons. The molecule has 1 saturated heterocycles. The zero-order valence-electron chi connectivity index (χ0n) is 12.5. The van der Waals surface area contributed by atoms with Gasteiger partial charge in [0.25, 0.3) is 0 Å². The number of rotatable bonds is 6. The lowest BCUT2D eigenvalue weighted by atomic mass is 9.74. The fourth-order valence-corrected chi connectivity index (χ4v) is 2.26. The van der Waals surface area contributed by atoms with Crippen LogP contribution in [0.1, 0.15) is 60.3 Å². The minimum absolute atomic E-state index is 0.162. The number of hydrogen-bond acceptors (Lipinski definition) is 3. The zero-order chi connectivity index (χ0) is 13.8. The van der Waals surface area contributed by atoms with Gasteiger partial charge in [-0.1, -0.05) is 19.8 Å². The molecular weight excluding hydrogens is 225 g/mol. The molecule has 1 fully saturated rings. The Morgan fingerprint density at radius 3 is 2.17 bits per heavy atom. The third-order valence-electron chi connectivity index (χ3n) is 4.17. The summed E-state index contributed by atoms with van der Waals surface area (Å²) in [6.45, 7) is 10.4. The van der Waals surface area contributed by atoms with E-state index in [1.807, 2.05) is 0 Å². The molecule has 1 atom stereocenters. The van der Waals surface area contributed by atoms with Gasteiger partial charge < -0.3 is 9.31 Å². The van der Waals surface area contributed by atoms with E-state index in [-0.39, 0.29) is 18.3 Å². The molecule has 18 heavy (non-hydrogen) atoms. The van der Waals surface area contributed by atoms with E-state index in [0.717, 1.165) is 12.7 Å². The van der Waals surface area contributed by atoms with Crippen LogP contribution in [-0.4, -0.2) is 18.3 Å². The predicted molar refractivity (Wildman–Crippen MR) is 74.1 cm³/mol. The van der Waals surface area contributed by atoms with Crippen LogP contribution in [0, 0.1) is 17.2 Å². The fourth-order valence-electron chi connectivity index (χ4n) is 2.26. The summed E-state index contributed by atoms with van der Waals surface area (Å²) in [7, 11) is -0.162. The van der Waals surface area contributed by atoms with Gasteiger partial charge in [0.1, 0.15) is 0 Å². The van der Waals surface area contributed by atoms with E-state index in [0.29, 0.717) is 12.3 Å². The first-order valence-electron chi connectivity index (χ1n) is 7.05. The molecule has 0 amide bonds. The summed E-state index contributed by atoms with van der Waals surface area (Å²) >= 11 is 0. The molecule has 4 heteroatoms. The van der Waals surface area contributed by atoms with Crippen molar-refractivity contribution >= 4 is 7.12 Å². The van der Waals surface area contributed by atoms with E-state index in [2.05, 4.69) is 40.7 Å². The first-order valence-corrected chi connectivity index (χ1v) is 7.05. The van der Waals surface area contributed by atoms with E-state index in [4.69, 9.17) is 14.6 Å². The van der Waals surface area contributed by atoms with Gasteiger partial charge in [0, 0.05) is 6.42 Å². The lowest BCUT2D eigenvalue weighted by Gasteiger charge is -2.32. The van der Waals surface area contributed by atoms with Gasteiger partial charge in [0.05, 0.1) is 17.3 Å². The molecule has 0 aromatic heterocycles. The highest BCUT2D eigenvalue weighted by molar-refractivity contribution is 6.45. The quantitative estimate of drug-likeness (QED) is 0.674. The van der Waals surface area contributed by atoms with Gasteiger partial charge >= 0.3 is 7.12 Å². The number of hydrogen-bond donors (Lipinski definition) is 0. The third-order valence-corrected chi connectivity index (χ3v) is 4.17. The standard InChI is InChI=1S/C14H26BNO2/c1-6-7-8-12(9-10-16)11-15-17-13(2,3)14(4,5)18-15/h12H,6-9,11H2,1-5H3. The maximum absolute atomic E-state index is 8.88. The molecule has 0 N–H and O–H groups in total. The molecule has 0 bridgehead atoms. The SMILES string of the molecule is CCCCC(CC#N)CB1OC(C)(C)C(C)(C)O1. The van der Waals surface area contributed by atoms with Crippen LogP contribution < -0.4 is 0 Å². The summed E-state index contributed by atoms with van der Waals surface area (Å²) < 4.78 is 12.0. The molecule has 3 nitrogen and oxygen atoms in total. The van der Waals surface area contributed by atoms with Gasteiger partial charge in [-0.25, -0.2) is 0 Å². The molecule has 1 aliphatic heterocycles. The van der Waals surface area contributed by atoms with E-state index >= 15 is 0 Å². The maximum Gasteiger partial charge on any atom is 0.458 e. The highest BCUT2D eigenvalue weighted by Crippen LogP contribution is 2.39. The van der Waals surface area contributed by atoms with Crippen molar-refractivity contribution in [2.75, 3.05) is 0 Å². The van der Waals surface area contributed by atoms with Crippen LogP contribution in [0.15, 0.2) is 0 Å². The van der Waals surface area contributed by atoms with Crippen LogP contribution in [-0.2, 0) is 9.31 Å². The Bertz CT molecular complexity index is 293. The molecule has 0 saturated carbocycles. The molecule has 0 radical (unpaired) electrons. The van der Waals surface area contributed by atoms with Crippen molar-refractivity contribution in [2.24, 2.45) is 5.92 Å². The van der Waals surface area contributed by atoms with Crippen molar-refractivity contribution in [1.82, 2.24) is 0 Å². The number of unbranched alkanes of at least 4 members (excludes halogenated alkanes) is 1. The summed E-state index contributed by atoms with van der Waals surface area (Å²) in [6, 6.07) is 2.28. The molecule has 0 aromatic carbocycles. The van der Waals surface area contributed by atoms with E-state index in [1.165, 1.54) is 12.8 Å². The van der Waals surface area contributed by atoms with Crippen LogP contribution in [0.4, 0.5) is 0 Å². The summed E-state index contributed by atoms with van der Waals surface area (Å²) in [5, 5.41) is 8.88. The largest absolute Gasteiger partial charge is 0.458 e. The predicted octanol–water partition coefficient (Wildman–Crippen LogP) is 3.80. The van der Waals surface area contributed by atoms with Crippen LogP contribution in [0.5, 0.6) is 0 Å². The summed E-state index contributed by atoms with van der Waals surface area (Å²) in [5.41, 5.74) is -0.529. The highest BCUT2D eigenvalue weighted by atomic mass is 16.7. The van der Waals surface area contributed by atoms with Crippen molar-refractivity contribution in [3.05, 3.63) is 0 Å². The van der Waals surface area contributed by atoms with Crippen LogP contribution >= 0.6 is 0 Å². The summed E-state index contributed by atoms with van der Waals surface area (Å²) in [6.07, 6.45) is 4.87. The average molecular weight is 251 g/mol. The Hall–Kier alpha value is -0.525. The van der Waals surface area contributed by atoms with Gasteiger partial charge in [-0.2, -0.15) is 5.26 Å². The van der Waals surface area contributed by atoms with Crippen molar-refractivity contribution in [1.29, 1.82) is 5.26 Å². The lowest BCUT2D eigenvalue weighted by molar-refractivity contribution is 0.00578. The van der Waals surface area contributed by atoms with Crippen LogP contribution in [0.3, 0.4) is 0 Å². The Morgan fingerprint density at radius 1 is 1.17 bits per heavy atom. The molecule has 1 rings (SSSR count). The maximum atomic E-state index is 8.88. The second-order valence-electron chi connectivity index (χ2n) is 6.29. The number of nitriles is 1. The number of nitrogens with zero attached hydrogens (tertiary/aromatic N) is 1. The first kappa shape index (κ1) is 15.5. The summed E-state index contributed by atoms with van der Waals surface area (Å²) in [4.78, 5) is 0.